The molecule has 0 aromatic heterocycles. The van der Waals surface area contributed by atoms with E-state index < -0.39 is 34.1 Å². The quantitative estimate of drug-likeness (QED) is 0.413. The van der Waals surface area contributed by atoms with E-state index in [0.29, 0.717) is 34.8 Å². The summed E-state index contributed by atoms with van der Waals surface area (Å²) in [5, 5.41) is 14.7. The molecule has 168 valence electrons. The van der Waals surface area contributed by atoms with Gasteiger partial charge in [-0.2, -0.15) is 0 Å². The van der Waals surface area contributed by atoms with Crippen molar-refractivity contribution in [3.05, 3.63) is 62.7 Å². The Morgan fingerprint density at radius 3 is 2.73 bits per heavy atom. The fourth-order valence-electron chi connectivity index (χ4n) is 6.39. The molecule has 0 aliphatic carbocycles. The van der Waals surface area contributed by atoms with Crippen LogP contribution in [0.2, 0.25) is 5.02 Å². The van der Waals surface area contributed by atoms with Gasteiger partial charge in [-0.3, -0.25) is 29.4 Å². The summed E-state index contributed by atoms with van der Waals surface area (Å²) in [6.07, 6.45) is 1.50. The summed E-state index contributed by atoms with van der Waals surface area (Å²) in [5.41, 5.74) is 0.601. The van der Waals surface area contributed by atoms with Crippen molar-refractivity contribution in [3.63, 3.8) is 0 Å². The molecule has 0 radical (unpaired) electrons. The van der Waals surface area contributed by atoms with Crippen LogP contribution in [0.5, 0.6) is 0 Å². The molecule has 0 saturated carbocycles. The number of carbonyl (C=O) groups excluding carboxylic acids is 3. The molecule has 4 heterocycles. The van der Waals surface area contributed by atoms with Crippen LogP contribution in [0.3, 0.4) is 0 Å². The van der Waals surface area contributed by atoms with Gasteiger partial charge >= 0.3 is 0 Å². The third-order valence-corrected chi connectivity index (χ3v) is 8.07. The van der Waals surface area contributed by atoms with Crippen LogP contribution >= 0.6 is 11.6 Å². The van der Waals surface area contributed by atoms with Crippen LogP contribution < -0.4 is 10.2 Å². The molecular formula is C23H19ClN4O5. The maximum atomic E-state index is 13.9. The Labute approximate surface area is 193 Å². The zero-order valence-corrected chi connectivity index (χ0v) is 18.3. The molecule has 4 aliphatic rings. The second-order valence-corrected chi connectivity index (χ2v) is 9.42. The summed E-state index contributed by atoms with van der Waals surface area (Å²) in [5.74, 6) is -2.87. The summed E-state index contributed by atoms with van der Waals surface area (Å²) >= 11 is 6.30. The first-order valence-electron chi connectivity index (χ1n) is 10.8. The summed E-state index contributed by atoms with van der Waals surface area (Å²) in [4.78, 5) is 55.0. The van der Waals surface area contributed by atoms with Crippen molar-refractivity contribution in [2.24, 2.45) is 11.8 Å². The molecule has 3 saturated heterocycles. The van der Waals surface area contributed by atoms with Crippen LogP contribution in [-0.4, -0.2) is 40.1 Å². The van der Waals surface area contributed by atoms with Gasteiger partial charge in [-0.25, -0.2) is 4.90 Å². The van der Waals surface area contributed by atoms with E-state index in [4.69, 9.17) is 11.6 Å². The molecule has 9 nitrogen and oxygen atoms in total. The Balaban J connectivity index is 1.55. The largest absolute Gasteiger partial charge is 0.324 e. The van der Waals surface area contributed by atoms with E-state index in [1.807, 2.05) is 11.8 Å². The molecule has 3 fully saturated rings. The highest BCUT2D eigenvalue weighted by molar-refractivity contribution is 6.32. The van der Waals surface area contributed by atoms with Gasteiger partial charge in [-0.15, -0.1) is 0 Å². The number of halogens is 1. The van der Waals surface area contributed by atoms with E-state index in [-0.39, 0.29) is 23.3 Å². The van der Waals surface area contributed by atoms with Crippen molar-refractivity contribution in [2.75, 3.05) is 16.8 Å². The number of nitro groups is 1. The number of carbonyl (C=O) groups is 3. The summed E-state index contributed by atoms with van der Waals surface area (Å²) in [6.45, 7) is 2.41. The normalized spacial score (nSPS) is 30.1. The van der Waals surface area contributed by atoms with E-state index in [1.165, 1.54) is 24.3 Å². The Morgan fingerprint density at radius 2 is 1.97 bits per heavy atom. The first-order valence-corrected chi connectivity index (χ1v) is 11.2. The van der Waals surface area contributed by atoms with Gasteiger partial charge in [0.15, 0.2) is 0 Å². The van der Waals surface area contributed by atoms with Crippen molar-refractivity contribution in [3.8, 4) is 0 Å². The van der Waals surface area contributed by atoms with Crippen LogP contribution in [0.15, 0.2) is 36.4 Å². The van der Waals surface area contributed by atoms with Gasteiger partial charge in [0.25, 0.3) is 5.69 Å². The minimum atomic E-state index is -1.31. The molecule has 3 amide bonds. The fraction of sp³-hybridized carbons (Fsp3) is 0.348. The summed E-state index contributed by atoms with van der Waals surface area (Å²) in [7, 11) is 0. The predicted octanol–water partition coefficient (Wildman–Crippen LogP) is 2.99. The minimum Gasteiger partial charge on any atom is -0.324 e. The van der Waals surface area contributed by atoms with E-state index in [0.717, 1.165) is 11.3 Å². The Bertz CT molecular complexity index is 1300. The zero-order valence-electron chi connectivity index (χ0n) is 17.6. The standard InChI is InChI=1S/C23H19ClN4O5/c1-11-15(24)8-7-14-19(11)25-22(31)23(14)18-17(16-6-3-9-26(16)23)20(29)27(21(18)30)12-4-2-5-13(10-12)28(32)33/h2,4-5,7-8,10,16-18H,3,6,9H2,1H3,(H,25,31)/t16-,17+,18-,23+/m0/s1. The van der Waals surface area contributed by atoms with Crippen molar-refractivity contribution in [1.29, 1.82) is 0 Å². The number of nitro benzene ring substituents is 1. The second-order valence-electron chi connectivity index (χ2n) is 9.01. The van der Waals surface area contributed by atoms with Crippen molar-refractivity contribution in [2.45, 2.75) is 31.3 Å². The highest BCUT2D eigenvalue weighted by Gasteiger charge is 2.74. The summed E-state index contributed by atoms with van der Waals surface area (Å²) < 4.78 is 0. The van der Waals surface area contributed by atoms with Crippen molar-refractivity contribution < 1.29 is 19.3 Å². The molecule has 1 N–H and O–H groups in total. The van der Waals surface area contributed by atoms with Crippen LogP contribution in [0.25, 0.3) is 0 Å². The number of anilines is 2. The summed E-state index contributed by atoms with van der Waals surface area (Å²) in [6, 6.07) is 8.72. The lowest BCUT2D eigenvalue weighted by Crippen LogP contribution is -2.54. The number of hydrogen-bond donors (Lipinski definition) is 1. The van der Waals surface area contributed by atoms with Gasteiger partial charge in [0.1, 0.15) is 5.54 Å². The Hall–Kier alpha value is -3.30. The lowest BCUT2D eigenvalue weighted by atomic mass is 9.75. The number of nitrogens with one attached hydrogen (secondary N) is 1. The van der Waals surface area contributed by atoms with Crippen LogP contribution in [0.1, 0.15) is 24.0 Å². The number of fused-ring (bicyclic) bond motifs is 7. The number of rotatable bonds is 2. The number of non-ortho nitro benzene ring substituents is 1. The lowest BCUT2D eigenvalue weighted by molar-refractivity contribution is -0.384. The number of amides is 3. The van der Waals surface area contributed by atoms with Gasteiger partial charge in [0, 0.05) is 28.8 Å². The Kier molecular flexibility index (Phi) is 4.07. The molecule has 33 heavy (non-hydrogen) atoms. The van der Waals surface area contributed by atoms with Gasteiger partial charge in [0.2, 0.25) is 17.7 Å². The molecule has 0 unspecified atom stereocenters. The van der Waals surface area contributed by atoms with Gasteiger partial charge in [0.05, 0.1) is 28.1 Å². The monoisotopic (exact) mass is 466 g/mol. The molecule has 6 rings (SSSR count). The van der Waals surface area contributed by atoms with Gasteiger partial charge in [-0.05, 0) is 44.0 Å². The molecule has 2 aromatic carbocycles. The van der Waals surface area contributed by atoms with E-state index >= 15 is 0 Å². The highest BCUT2D eigenvalue weighted by atomic mass is 35.5. The maximum Gasteiger partial charge on any atom is 0.271 e. The minimum absolute atomic E-state index is 0.152. The third-order valence-electron chi connectivity index (χ3n) is 7.66. The predicted molar refractivity (Wildman–Crippen MR) is 119 cm³/mol. The second kappa shape index (κ2) is 6.61. The number of imide groups is 1. The number of nitrogens with zero attached hydrogens (tertiary/aromatic N) is 3. The average Bonchev–Trinajstić information content (AvgIpc) is 3.49. The maximum absolute atomic E-state index is 13.9. The van der Waals surface area contributed by atoms with Crippen LogP contribution in [-0.2, 0) is 19.9 Å². The smallest absolute Gasteiger partial charge is 0.271 e. The number of benzene rings is 2. The molecule has 2 aromatic rings. The van der Waals surface area contributed by atoms with Gasteiger partial charge < -0.3 is 5.32 Å². The molecule has 4 aliphatic heterocycles. The van der Waals surface area contributed by atoms with Crippen LogP contribution in [0.4, 0.5) is 17.1 Å². The molecule has 0 bridgehead atoms. The molecule has 1 spiro atoms. The first kappa shape index (κ1) is 20.3. The van der Waals surface area contributed by atoms with E-state index in [2.05, 4.69) is 5.32 Å². The topological polar surface area (TPSA) is 113 Å². The van der Waals surface area contributed by atoms with E-state index in [1.54, 1.807) is 12.1 Å². The van der Waals surface area contributed by atoms with Gasteiger partial charge in [-0.1, -0.05) is 23.7 Å². The third kappa shape index (κ3) is 2.33. The molecule has 4 atom stereocenters. The molecule has 10 heteroatoms. The zero-order chi connectivity index (χ0) is 23.2. The molecular weight excluding hydrogens is 448 g/mol. The van der Waals surface area contributed by atoms with E-state index in [9.17, 15) is 24.5 Å². The average molecular weight is 467 g/mol. The SMILES string of the molecule is Cc1c(Cl)ccc2c1NC(=O)[C@]21[C@@H]2C(=O)N(c3cccc([N+](=O)[O-])c3)C(=O)[C@@H]2[C@@H]2CCCN21. The first-order chi connectivity index (χ1) is 15.8. The highest BCUT2D eigenvalue weighted by Crippen LogP contribution is 2.61. The Morgan fingerprint density at radius 1 is 1.18 bits per heavy atom. The van der Waals surface area contributed by atoms with Crippen LogP contribution in [0, 0.1) is 28.9 Å². The van der Waals surface area contributed by atoms with Crippen molar-refractivity contribution >= 4 is 46.4 Å². The number of hydrogen-bond acceptors (Lipinski definition) is 6. The fourth-order valence-corrected chi connectivity index (χ4v) is 6.55. The van der Waals surface area contributed by atoms with Crippen molar-refractivity contribution in [1.82, 2.24) is 4.90 Å². The lowest BCUT2D eigenvalue weighted by Gasteiger charge is -2.36.